The maximum atomic E-state index is 12.9. The van der Waals surface area contributed by atoms with Crippen molar-refractivity contribution in [2.45, 2.75) is 20.8 Å². The number of carbonyl (C=O) groups is 1. The summed E-state index contributed by atoms with van der Waals surface area (Å²) in [5, 5.41) is 18.9. The molecule has 0 saturated carbocycles. The molecule has 0 radical (unpaired) electrons. The number of aromatic amines is 1. The molecule has 10 heteroatoms. The minimum Gasteiger partial charge on any atom is -0.477 e. The number of nitrogens with one attached hydrogen (secondary N) is 2. The molecule has 1 amide bonds. The minimum absolute atomic E-state index is 0.283. The zero-order valence-electron chi connectivity index (χ0n) is 18.3. The number of amides is 1. The molecule has 0 aliphatic carbocycles. The molecule has 4 aromatic heterocycles. The molecule has 0 aliphatic rings. The van der Waals surface area contributed by atoms with Crippen molar-refractivity contribution in [3.63, 3.8) is 0 Å². The smallest absolute Gasteiger partial charge is 0.260 e. The van der Waals surface area contributed by atoms with E-state index in [4.69, 9.17) is 4.74 Å². The second kappa shape index (κ2) is 8.47. The van der Waals surface area contributed by atoms with Gasteiger partial charge in [-0.1, -0.05) is 18.2 Å². The van der Waals surface area contributed by atoms with Gasteiger partial charge in [0.2, 0.25) is 5.88 Å². The zero-order valence-corrected chi connectivity index (χ0v) is 19.1. The van der Waals surface area contributed by atoms with Gasteiger partial charge in [-0.15, -0.1) is 21.5 Å². The van der Waals surface area contributed by atoms with Crippen LogP contribution in [0.1, 0.15) is 28.7 Å². The van der Waals surface area contributed by atoms with E-state index in [1.807, 2.05) is 44.4 Å². The fourth-order valence-electron chi connectivity index (χ4n) is 3.73. The normalized spacial score (nSPS) is 11.1. The summed E-state index contributed by atoms with van der Waals surface area (Å²) in [5.74, 6) is 0.657. The van der Waals surface area contributed by atoms with Crippen LogP contribution >= 0.6 is 11.3 Å². The summed E-state index contributed by atoms with van der Waals surface area (Å²) in [7, 11) is 0. The van der Waals surface area contributed by atoms with Crippen LogP contribution in [0.2, 0.25) is 0 Å². The Morgan fingerprint density at radius 3 is 2.82 bits per heavy atom. The Kier molecular flexibility index (Phi) is 5.35. The first-order valence-corrected chi connectivity index (χ1v) is 11.3. The summed E-state index contributed by atoms with van der Waals surface area (Å²) in [6.45, 7) is 6.22. The summed E-state index contributed by atoms with van der Waals surface area (Å²) < 4.78 is 6.89. The van der Waals surface area contributed by atoms with Gasteiger partial charge in [-0.2, -0.15) is 5.10 Å². The van der Waals surface area contributed by atoms with Crippen molar-refractivity contribution in [3.05, 3.63) is 64.9 Å². The first-order valence-electron chi connectivity index (χ1n) is 10.4. The molecular weight excluding hydrogens is 438 g/mol. The number of carbonyl (C=O) groups excluding carboxylic acids is 1. The highest BCUT2D eigenvalue weighted by atomic mass is 32.1. The maximum Gasteiger partial charge on any atom is 0.260 e. The number of thiazole rings is 1. The highest BCUT2D eigenvalue weighted by molar-refractivity contribution is 7.14. The van der Waals surface area contributed by atoms with Crippen LogP contribution in [0, 0.1) is 13.8 Å². The quantitative estimate of drug-likeness (QED) is 0.386. The molecule has 166 valence electrons. The number of ether oxygens (including phenoxy) is 1. The summed E-state index contributed by atoms with van der Waals surface area (Å²) in [6, 6.07) is 11.6. The third-order valence-electron chi connectivity index (χ3n) is 5.26. The molecule has 0 saturated heterocycles. The third kappa shape index (κ3) is 3.85. The van der Waals surface area contributed by atoms with Crippen molar-refractivity contribution < 1.29 is 9.53 Å². The maximum absolute atomic E-state index is 12.9. The molecule has 5 aromatic rings. The first-order chi connectivity index (χ1) is 16.0. The van der Waals surface area contributed by atoms with E-state index in [1.54, 1.807) is 16.8 Å². The molecular formula is C23H21N7O2S. The fourth-order valence-corrected chi connectivity index (χ4v) is 4.43. The van der Waals surface area contributed by atoms with Gasteiger partial charge in [0.25, 0.3) is 5.91 Å². The van der Waals surface area contributed by atoms with Gasteiger partial charge in [0, 0.05) is 33.6 Å². The lowest BCUT2D eigenvalue weighted by Gasteiger charge is -2.05. The van der Waals surface area contributed by atoms with Crippen molar-refractivity contribution in [1.29, 1.82) is 0 Å². The number of hydrogen-bond donors (Lipinski definition) is 2. The number of aromatic nitrogens is 6. The lowest BCUT2D eigenvalue weighted by atomic mass is 10.1. The lowest BCUT2D eigenvalue weighted by molar-refractivity contribution is 0.102. The molecule has 0 fully saturated rings. The predicted octanol–water partition coefficient (Wildman–Crippen LogP) is 4.53. The van der Waals surface area contributed by atoms with Crippen molar-refractivity contribution in [1.82, 2.24) is 29.9 Å². The molecule has 33 heavy (non-hydrogen) atoms. The number of H-pyrrole nitrogens is 1. The van der Waals surface area contributed by atoms with Gasteiger partial charge in [0.1, 0.15) is 0 Å². The van der Waals surface area contributed by atoms with Gasteiger partial charge in [-0.3, -0.25) is 10.1 Å². The van der Waals surface area contributed by atoms with Crippen LogP contribution in [0.25, 0.3) is 28.0 Å². The molecule has 4 heterocycles. The van der Waals surface area contributed by atoms with Gasteiger partial charge < -0.3 is 9.72 Å². The highest BCUT2D eigenvalue weighted by Gasteiger charge is 2.19. The van der Waals surface area contributed by atoms with E-state index >= 15 is 0 Å². The van der Waals surface area contributed by atoms with E-state index < -0.39 is 0 Å². The minimum atomic E-state index is -0.283. The van der Waals surface area contributed by atoms with E-state index in [1.165, 1.54) is 17.5 Å². The second-order valence-electron chi connectivity index (χ2n) is 7.38. The predicted molar refractivity (Wildman–Crippen MR) is 127 cm³/mol. The van der Waals surface area contributed by atoms with Crippen LogP contribution in [0.15, 0.2) is 48.0 Å². The van der Waals surface area contributed by atoms with Crippen LogP contribution in [-0.2, 0) is 0 Å². The summed E-state index contributed by atoms with van der Waals surface area (Å²) >= 11 is 1.38. The van der Waals surface area contributed by atoms with E-state index in [-0.39, 0.29) is 5.91 Å². The topological polar surface area (TPSA) is 111 Å². The number of anilines is 1. The first kappa shape index (κ1) is 20.8. The third-order valence-corrected chi connectivity index (χ3v) is 6.02. The van der Waals surface area contributed by atoms with E-state index in [0.717, 1.165) is 27.9 Å². The number of rotatable bonds is 6. The SMILES string of the molecule is CCOc1ccc(-n2ncc(C(=O)Nc3nc(-c4c(C)[nH]c5ccccc45)cs3)c2C)nn1. The van der Waals surface area contributed by atoms with Crippen molar-refractivity contribution >= 4 is 33.3 Å². The molecule has 0 aliphatic heterocycles. The molecule has 2 N–H and O–H groups in total. The largest absolute Gasteiger partial charge is 0.477 e. The fraction of sp³-hybridized carbons (Fsp3) is 0.174. The van der Waals surface area contributed by atoms with Crippen LogP contribution in [0.3, 0.4) is 0 Å². The van der Waals surface area contributed by atoms with Gasteiger partial charge in [-0.05, 0) is 32.9 Å². The molecule has 1 aromatic carbocycles. The Bertz CT molecular complexity index is 1450. The van der Waals surface area contributed by atoms with Gasteiger partial charge in [0.05, 0.1) is 29.8 Å². The second-order valence-corrected chi connectivity index (χ2v) is 8.24. The number of para-hydroxylation sites is 1. The average molecular weight is 460 g/mol. The average Bonchev–Trinajstić information content (AvgIpc) is 3.50. The van der Waals surface area contributed by atoms with E-state index in [9.17, 15) is 4.79 Å². The van der Waals surface area contributed by atoms with Gasteiger partial charge >= 0.3 is 0 Å². The van der Waals surface area contributed by atoms with Crippen LogP contribution < -0.4 is 10.1 Å². The number of benzene rings is 1. The molecule has 9 nitrogen and oxygen atoms in total. The standard InChI is InChI=1S/C23H21N7O2S/c1-4-32-20-10-9-19(28-29-20)30-14(3)16(11-24-30)22(31)27-23-26-18(12-33-23)21-13(2)25-17-8-6-5-7-15(17)21/h5-12,25H,4H2,1-3H3,(H,26,27,31). The van der Waals surface area contributed by atoms with E-state index in [0.29, 0.717) is 34.7 Å². The Morgan fingerprint density at radius 1 is 1.18 bits per heavy atom. The van der Waals surface area contributed by atoms with Crippen LogP contribution in [-0.4, -0.2) is 42.5 Å². The zero-order chi connectivity index (χ0) is 22.9. The van der Waals surface area contributed by atoms with Crippen molar-refractivity contribution in [2.24, 2.45) is 0 Å². The number of fused-ring (bicyclic) bond motifs is 1. The van der Waals surface area contributed by atoms with Crippen molar-refractivity contribution in [3.8, 4) is 23.0 Å². The Balaban J connectivity index is 1.37. The highest BCUT2D eigenvalue weighted by Crippen LogP contribution is 2.34. The van der Waals surface area contributed by atoms with Gasteiger partial charge in [0.15, 0.2) is 10.9 Å². The summed E-state index contributed by atoms with van der Waals surface area (Å²) in [6.07, 6.45) is 1.52. The summed E-state index contributed by atoms with van der Waals surface area (Å²) in [5.41, 5.74) is 5.04. The van der Waals surface area contributed by atoms with Gasteiger partial charge in [-0.25, -0.2) is 9.67 Å². The lowest BCUT2D eigenvalue weighted by Crippen LogP contribution is -2.13. The Hall–Kier alpha value is -4.05. The number of aryl methyl sites for hydroxylation is 1. The Morgan fingerprint density at radius 2 is 2.03 bits per heavy atom. The molecule has 5 rings (SSSR count). The number of nitrogens with zero attached hydrogens (tertiary/aromatic N) is 5. The number of hydrogen-bond acceptors (Lipinski definition) is 7. The molecule has 0 atom stereocenters. The van der Waals surface area contributed by atoms with E-state index in [2.05, 4.69) is 36.6 Å². The summed E-state index contributed by atoms with van der Waals surface area (Å²) in [4.78, 5) is 21.0. The molecule has 0 unspecified atom stereocenters. The van der Waals surface area contributed by atoms with Crippen LogP contribution in [0.4, 0.5) is 5.13 Å². The Labute approximate surface area is 193 Å². The van der Waals surface area contributed by atoms with Crippen LogP contribution in [0.5, 0.6) is 5.88 Å². The molecule has 0 bridgehead atoms. The monoisotopic (exact) mass is 459 g/mol. The van der Waals surface area contributed by atoms with Crippen molar-refractivity contribution in [2.75, 3.05) is 11.9 Å². The molecule has 0 spiro atoms.